The van der Waals surface area contributed by atoms with Gasteiger partial charge in [-0.1, -0.05) is 30.3 Å². The minimum atomic E-state index is 0.549. The number of thiazole rings is 1. The monoisotopic (exact) mass is 301 g/mol. The van der Waals surface area contributed by atoms with Crippen molar-refractivity contribution < 1.29 is 0 Å². The lowest BCUT2D eigenvalue weighted by Crippen LogP contribution is -2.55. The van der Waals surface area contributed by atoms with Crippen LogP contribution >= 0.6 is 11.3 Å². The van der Waals surface area contributed by atoms with Crippen molar-refractivity contribution in [3.05, 3.63) is 52.0 Å². The minimum absolute atomic E-state index is 0.549. The first kappa shape index (κ1) is 14.7. The Morgan fingerprint density at radius 3 is 2.86 bits per heavy atom. The van der Waals surface area contributed by atoms with E-state index in [2.05, 4.69) is 64.8 Å². The summed E-state index contributed by atoms with van der Waals surface area (Å²) in [5, 5.41) is 7.00. The number of nitrogens with one attached hydrogen (secondary N) is 1. The first-order valence-electron chi connectivity index (χ1n) is 7.63. The summed E-state index contributed by atoms with van der Waals surface area (Å²) in [4.78, 5) is 7.22. The molecule has 0 radical (unpaired) electrons. The molecule has 3 rings (SSSR count). The Kier molecular flexibility index (Phi) is 4.68. The molecule has 1 aromatic heterocycles. The summed E-state index contributed by atoms with van der Waals surface area (Å²) in [5.41, 5.74) is 2.55. The van der Waals surface area contributed by atoms with Crippen LogP contribution in [0.2, 0.25) is 0 Å². The average molecular weight is 301 g/mol. The summed E-state index contributed by atoms with van der Waals surface area (Å²) in [5.74, 6) is 0. The molecule has 2 heterocycles. The lowest BCUT2D eigenvalue weighted by molar-refractivity contribution is 0.126. The number of piperazine rings is 1. The number of rotatable bonds is 4. The fraction of sp³-hybridized carbons (Fsp3) is 0.471. The van der Waals surface area contributed by atoms with Crippen LogP contribution in [0.3, 0.4) is 0 Å². The molecular formula is C17H23N3S. The van der Waals surface area contributed by atoms with Gasteiger partial charge in [0.2, 0.25) is 0 Å². The van der Waals surface area contributed by atoms with Gasteiger partial charge in [0.25, 0.3) is 0 Å². The lowest BCUT2D eigenvalue weighted by atomic mass is 10.0. The van der Waals surface area contributed by atoms with E-state index in [-0.39, 0.29) is 0 Å². The van der Waals surface area contributed by atoms with Gasteiger partial charge in [-0.2, -0.15) is 0 Å². The highest BCUT2D eigenvalue weighted by Crippen LogP contribution is 2.18. The van der Waals surface area contributed by atoms with Crippen molar-refractivity contribution in [2.24, 2.45) is 0 Å². The highest BCUT2D eigenvalue weighted by atomic mass is 32.1. The molecule has 1 aliphatic rings. The first-order valence-corrected chi connectivity index (χ1v) is 8.51. The molecule has 2 atom stereocenters. The second kappa shape index (κ2) is 6.69. The van der Waals surface area contributed by atoms with Crippen molar-refractivity contribution in [3.63, 3.8) is 0 Å². The zero-order valence-electron chi connectivity index (χ0n) is 12.7. The van der Waals surface area contributed by atoms with E-state index in [1.54, 1.807) is 11.3 Å². The molecule has 3 nitrogen and oxygen atoms in total. The van der Waals surface area contributed by atoms with Crippen molar-refractivity contribution in [2.45, 2.75) is 38.9 Å². The highest BCUT2D eigenvalue weighted by molar-refractivity contribution is 7.09. The third-order valence-electron chi connectivity index (χ3n) is 4.05. The van der Waals surface area contributed by atoms with Gasteiger partial charge in [0, 0.05) is 36.2 Å². The van der Waals surface area contributed by atoms with Gasteiger partial charge >= 0.3 is 0 Å². The van der Waals surface area contributed by atoms with Crippen molar-refractivity contribution in [2.75, 3.05) is 13.1 Å². The fourth-order valence-corrected chi connectivity index (χ4v) is 3.76. The molecule has 1 saturated heterocycles. The molecular weight excluding hydrogens is 278 g/mol. The summed E-state index contributed by atoms with van der Waals surface area (Å²) in [6.07, 6.45) is 1.10. The summed E-state index contributed by atoms with van der Waals surface area (Å²) >= 11 is 1.78. The number of benzene rings is 1. The van der Waals surface area contributed by atoms with Gasteiger partial charge in [-0.25, -0.2) is 4.98 Å². The van der Waals surface area contributed by atoms with E-state index in [1.165, 1.54) is 10.6 Å². The molecule has 0 amide bonds. The maximum atomic E-state index is 4.63. The molecule has 0 aliphatic carbocycles. The average Bonchev–Trinajstić information content (AvgIpc) is 2.88. The van der Waals surface area contributed by atoms with Gasteiger partial charge in [0.15, 0.2) is 0 Å². The molecule has 2 unspecified atom stereocenters. The molecule has 0 spiro atoms. The maximum absolute atomic E-state index is 4.63. The van der Waals surface area contributed by atoms with E-state index in [4.69, 9.17) is 0 Å². The van der Waals surface area contributed by atoms with E-state index in [0.29, 0.717) is 12.1 Å². The van der Waals surface area contributed by atoms with Crippen LogP contribution in [0.4, 0.5) is 0 Å². The van der Waals surface area contributed by atoms with Gasteiger partial charge in [-0.05, 0) is 25.8 Å². The van der Waals surface area contributed by atoms with E-state index in [0.717, 1.165) is 31.7 Å². The number of aromatic nitrogens is 1. The van der Waals surface area contributed by atoms with Crippen molar-refractivity contribution in [1.82, 2.24) is 15.2 Å². The standard InChI is InChI=1S/C17H23N3S/c1-13-10-20(11-17-19-14(2)12-21-17)16(9-18-13)8-15-6-4-3-5-7-15/h3-7,12-13,16,18H,8-11H2,1-2H3. The maximum Gasteiger partial charge on any atom is 0.107 e. The van der Waals surface area contributed by atoms with Gasteiger partial charge in [0.1, 0.15) is 5.01 Å². The van der Waals surface area contributed by atoms with Crippen LogP contribution in [-0.2, 0) is 13.0 Å². The SMILES string of the molecule is Cc1csc(CN2CC(C)NCC2Cc2ccccc2)n1. The molecule has 1 N–H and O–H groups in total. The largest absolute Gasteiger partial charge is 0.311 e. The third kappa shape index (κ3) is 3.90. The predicted molar refractivity (Wildman–Crippen MR) is 88.7 cm³/mol. The van der Waals surface area contributed by atoms with Crippen molar-refractivity contribution in [1.29, 1.82) is 0 Å². The quantitative estimate of drug-likeness (QED) is 0.941. The van der Waals surface area contributed by atoms with Gasteiger partial charge in [-0.3, -0.25) is 4.90 Å². The minimum Gasteiger partial charge on any atom is -0.311 e. The summed E-state index contributed by atoms with van der Waals surface area (Å²) in [6, 6.07) is 11.9. The Hall–Kier alpha value is -1.23. The highest BCUT2D eigenvalue weighted by Gasteiger charge is 2.26. The van der Waals surface area contributed by atoms with E-state index in [1.807, 2.05) is 0 Å². The molecule has 1 aliphatic heterocycles. The van der Waals surface area contributed by atoms with E-state index in [9.17, 15) is 0 Å². The number of nitrogens with zero attached hydrogens (tertiary/aromatic N) is 2. The molecule has 4 heteroatoms. The van der Waals surface area contributed by atoms with E-state index < -0.39 is 0 Å². The number of hydrogen-bond donors (Lipinski definition) is 1. The summed E-state index contributed by atoms with van der Waals surface area (Å²) < 4.78 is 0. The van der Waals surface area contributed by atoms with Crippen LogP contribution < -0.4 is 5.32 Å². The Balaban J connectivity index is 1.70. The van der Waals surface area contributed by atoms with Crippen LogP contribution in [0.25, 0.3) is 0 Å². The zero-order chi connectivity index (χ0) is 14.7. The third-order valence-corrected chi connectivity index (χ3v) is 5.00. The Bertz CT molecular complexity index is 566. The zero-order valence-corrected chi connectivity index (χ0v) is 13.6. The predicted octanol–water partition coefficient (Wildman–Crippen LogP) is 2.86. The Morgan fingerprint density at radius 2 is 2.14 bits per heavy atom. The normalized spacial score (nSPS) is 23.3. The topological polar surface area (TPSA) is 28.2 Å². The van der Waals surface area contributed by atoms with E-state index >= 15 is 0 Å². The van der Waals surface area contributed by atoms with Crippen molar-refractivity contribution >= 4 is 11.3 Å². The Morgan fingerprint density at radius 1 is 1.33 bits per heavy atom. The van der Waals surface area contributed by atoms with Crippen LogP contribution in [0.1, 0.15) is 23.2 Å². The van der Waals surface area contributed by atoms with Gasteiger partial charge in [0.05, 0.1) is 6.54 Å². The molecule has 0 saturated carbocycles. The lowest BCUT2D eigenvalue weighted by Gasteiger charge is -2.39. The van der Waals surface area contributed by atoms with Crippen molar-refractivity contribution in [3.8, 4) is 0 Å². The summed E-state index contributed by atoms with van der Waals surface area (Å²) in [6.45, 7) is 7.46. The van der Waals surface area contributed by atoms with Crippen LogP contribution in [0, 0.1) is 6.92 Å². The summed E-state index contributed by atoms with van der Waals surface area (Å²) in [7, 11) is 0. The Labute approximate surface area is 131 Å². The molecule has 21 heavy (non-hydrogen) atoms. The van der Waals surface area contributed by atoms with Crippen LogP contribution in [0.5, 0.6) is 0 Å². The second-order valence-electron chi connectivity index (χ2n) is 5.96. The number of aryl methyl sites for hydroxylation is 1. The second-order valence-corrected chi connectivity index (χ2v) is 6.91. The molecule has 1 aromatic carbocycles. The fourth-order valence-electron chi connectivity index (χ4n) is 2.96. The van der Waals surface area contributed by atoms with Gasteiger partial charge < -0.3 is 5.32 Å². The smallest absolute Gasteiger partial charge is 0.107 e. The first-order chi connectivity index (χ1) is 10.2. The molecule has 2 aromatic rings. The van der Waals surface area contributed by atoms with Gasteiger partial charge in [-0.15, -0.1) is 11.3 Å². The number of hydrogen-bond acceptors (Lipinski definition) is 4. The van der Waals surface area contributed by atoms with Crippen LogP contribution in [0.15, 0.2) is 35.7 Å². The molecule has 112 valence electrons. The van der Waals surface area contributed by atoms with Crippen LogP contribution in [-0.4, -0.2) is 35.1 Å². The molecule has 1 fully saturated rings. The molecule has 0 bridgehead atoms.